The van der Waals surface area contributed by atoms with Crippen LogP contribution in [-0.4, -0.2) is 54.6 Å². The molecule has 0 heterocycles. The summed E-state index contributed by atoms with van der Waals surface area (Å²) in [5.41, 5.74) is -0.740. The number of benzene rings is 1. The number of phenols is 2. The first-order chi connectivity index (χ1) is 11.2. The molecule has 7 atom stereocenters. The molecule has 0 unspecified atom stereocenters. The van der Waals surface area contributed by atoms with Crippen molar-refractivity contribution >= 4 is 0 Å². The molecule has 2 fully saturated rings. The Labute approximate surface area is 140 Å². The van der Waals surface area contributed by atoms with Crippen molar-refractivity contribution in [1.29, 1.82) is 0 Å². The maximum Gasteiger partial charge on any atom is 0.157 e. The molecular weight excluding hydrogens is 312 g/mol. The van der Waals surface area contributed by atoms with Crippen LogP contribution in [0, 0.1) is 11.3 Å². The smallest absolute Gasteiger partial charge is 0.157 e. The van der Waals surface area contributed by atoms with Gasteiger partial charge in [0.2, 0.25) is 0 Å². The van der Waals surface area contributed by atoms with Crippen LogP contribution in [0.25, 0.3) is 0 Å². The van der Waals surface area contributed by atoms with Crippen LogP contribution < -0.4 is 0 Å². The second kappa shape index (κ2) is 4.85. The summed E-state index contributed by atoms with van der Waals surface area (Å²) in [5.74, 6) is -0.764. The molecule has 0 aliphatic heterocycles. The van der Waals surface area contributed by atoms with Gasteiger partial charge in [0.05, 0.1) is 6.10 Å². The molecule has 6 N–H and O–H groups in total. The van der Waals surface area contributed by atoms with Crippen molar-refractivity contribution in [2.75, 3.05) is 0 Å². The first-order valence-corrected chi connectivity index (χ1v) is 8.53. The van der Waals surface area contributed by atoms with E-state index in [1.54, 1.807) is 19.1 Å². The third-order valence-corrected chi connectivity index (χ3v) is 7.05. The Bertz CT molecular complexity index is 690. The van der Waals surface area contributed by atoms with Gasteiger partial charge in [-0.05, 0) is 60.8 Å². The van der Waals surface area contributed by atoms with Crippen molar-refractivity contribution in [3.05, 3.63) is 23.3 Å². The van der Waals surface area contributed by atoms with Gasteiger partial charge in [0.25, 0.3) is 0 Å². The van der Waals surface area contributed by atoms with Gasteiger partial charge in [-0.2, -0.15) is 0 Å². The number of aliphatic hydroxyl groups is 4. The highest BCUT2D eigenvalue weighted by molar-refractivity contribution is 5.49. The summed E-state index contributed by atoms with van der Waals surface area (Å²) in [5, 5.41) is 62.1. The quantitative estimate of drug-likeness (QED) is 0.381. The predicted molar refractivity (Wildman–Crippen MR) is 84.6 cm³/mol. The van der Waals surface area contributed by atoms with Gasteiger partial charge in [-0.15, -0.1) is 0 Å². The van der Waals surface area contributed by atoms with Gasteiger partial charge in [0, 0.05) is 5.41 Å². The van der Waals surface area contributed by atoms with Crippen LogP contribution in [0.1, 0.15) is 43.2 Å². The zero-order valence-corrected chi connectivity index (χ0v) is 13.6. The number of aryl methyl sites for hydroxylation is 1. The molecule has 0 amide bonds. The third kappa shape index (κ3) is 1.69. The van der Waals surface area contributed by atoms with Gasteiger partial charge >= 0.3 is 0 Å². The average molecular weight is 336 g/mol. The summed E-state index contributed by atoms with van der Waals surface area (Å²) >= 11 is 0. The minimum atomic E-state index is -1.58. The van der Waals surface area contributed by atoms with E-state index in [1.165, 1.54) is 0 Å². The van der Waals surface area contributed by atoms with Crippen molar-refractivity contribution < 1.29 is 30.6 Å². The molecule has 24 heavy (non-hydrogen) atoms. The second-order valence-corrected chi connectivity index (χ2v) is 7.95. The van der Waals surface area contributed by atoms with Gasteiger partial charge in [0.15, 0.2) is 11.5 Å². The van der Waals surface area contributed by atoms with Crippen LogP contribution in [-0.2, 0) is 6.42 Å². The van der Waals surface area contributed by atoms with Crippen LogP contribution in [0.4, 0.5) is 0 Å². The minimum absolute atomic E-state index is 0.0922. The Kier molecular flexibility index (Phi) is 3.26. The normalized spacial score (nSPS) is 47.0. The molecule has 0 spiro atoms. The number of hydrogen-bond acceptors (Lipinski definition) is 6. The molecule has 6 nitrogen and oxygen atoms in total. The second-order valence-electron chi connectivity index (χ2n) is 7.95. The fourth-order valence-electron chi connectivity index (χ4n) is 5.64. The van der Waals surface area contributed by atoms with E-state index in [-0.39, 0.29) is 23.3 Å². The monoisotopic (exact) mass is 336 g/mol. The average Bonchev–Trinajstić information content (AvgIpc) is 2.69. The molecule has 0 radical (unpaired) electrons. The number of phenolic OH excluding ortho intramolecular Hbond substituents is 2. The zero-order chi connectivity index (χ0) is 17.4. The Morgan fingerprint density at radius 2 is 1.67 bits per heavy atom. The van der Waals surface area contributed by atoms with Crippen molar-refractivity contribution in [2.24, 2.45) is 11.3 Å². The van der Waals surface area contributed by atoms with Crippen molar-refractivity contribution in [3.63, 3.8) is 0 Å². The van der Waals surface area contributed by atoms with Crippen LogP contribution in [0.3, 0.4) is 0 Å². The highest BCUT2D eigenvalue weighted by Gasteiger charge is 2.71. The minimum Gasteiger partial charge on any atom is -0.504 e. The summed E-state index contributed by atoms with van der Waals surface area (Å²) < 4.78 is 0. The molecule has 2 saturated carbocycles. The van der Waals surface area contributed by atoms with Crippen LogP contribution >= 0.6 is 0 Å². The lowest BCUT2D eigenvalue weighted by Crippen LogP contribution is -2.62. The van der Waals surface area contributed by atoms with E-state index in [9.17, 15) is 30.6 Å². The summed E-state index contributed by atoms with van der Waals surface area (Å²) in [4.78, 5) is 0. The first-order valence-electron chi connectivity index (χ1n) is 8.53. The number of fused-ring (bicyclic) bond motifs is 5. The number of aliphatic hydroxyl groups excluding tert-OH is 3. The maximum absolute atomic E-state index is 11.4. The molecule has 1 aromatic rings. The lowest BCUT2D eigenvalue weighted by molar-refractivity contribution is -0.199. The standard InChI is InChI=1S/C18H24O6/c1-17-5-4-9-10-7-13(20)12(19)6-8(10)2-3-11(9)18(17,24)16(23)14(21)15(17)22/h6-7,9,11,14-16,19-24H,2-5H2,1H3/t9-,11-,14+,15-,16-,17-,18-/m1/s1. The van der Waals surface area contributed by atoms with Gasteiger partial charge in [0.1, 0.15) is 17.8 Å². The number of rotatable bonds is 0. The fourth-order valence-corrected chi connectivity index (χ4v) is 5.64. The van der Waals surface area contributed by atoms with E-state index in [1.807, 2.05) is 0 Å². The van der Waals surface area contributed by atoms with E-state index in [4.69, 9.17) is 0 Å². The molecule has 0 aromatic heterocycles. The van der Waals surface area contributed by atoms with Gasteiger partial charge in [-0.25, -0.2) is 0 Å². The van der Waals surface area contributed by atoms with Crippen molar-refractivity contribution in [1.82, 2.24) is 0 Å². The van der Waals surface area contributed by atoms with Crippen molar-refractivity contribution in [2.45, 2.75) is 62.4 Å². The van der Waals surface area contributed by atoms with E-state index < -0.39 is 29.3 Å². The fraction of sp³-hybridized carbons (Fsp3) is 0.667. The van der Waals surface area contributed by atoms with E-state index in [2.05, 4.69) is 0 Å². The number of aromatic hydroxyl groups is 2. The Morgan fingerprint density at radius 1 is 1.00 bits per heavy atom. The zero-order valence-electron chi connectivity index (χ0n) is 13.6. The highest BCUT2D eigenvalue weighted by atomic mass is 16.4. The SMILES string of the molecule is C[C@]12CC[C@@H]3c4cc(O)c(O)cc4CC[C@H]3[C@@]1(O)[C@H](O)[C@@H](O)[C@H]2O. The van der Waals surface area contributed by atoms with Gasteiger partial charge < -0.3 is 30.6 Å². The van der Waals surface area contributed by atoms with E-state index in [0.717, 1.165) is 11.1 Å². The lowest BCUT2D eigenvalue weighted by atomic mass is 9.52. The molecule has 3 aliphatic rings. The highest BCUT2D eigenvalue weighted by Crippen LogP contribution is 2.63. The molecule has 4 rings (SSSR count). The number of hydrogen-bond donors (Lipinski definition) is 6. The van der Waals surface area contributed by atoms with Crippen LogP contribution in [0.15, 0.2) is 12.1 Å². The molecule has 6 heteroatoms. The first kappa shape index (κ1) is 16.1. The maximum atomic E-state index is 11.4. The molecule has 0 bridgehead atoms. The molecule has 3 aliphatic carbocycles. The van der Waals surface area contributed by atoms with Gasteiger partial charge in [-0.3, -0.25) is 0 Å². The predicted octanol–water partition coefficient (Wildman–Crippen LogP) is 0.371. The molecular formula is C18H24O6. The summed E-state index contributed by atoms with van der Waals surface area (Å²) in [6.07, 6.45) is -1.62. The molecule has 1 aromatic carbocycles. The third-order valence-electron chi connectivity index (χ3n) is 7.05. The lowest BCUT2D eigenvalue weighted by Gasteiger charge is -2.55. The molecule has 132 valence electrons. The Hall–Kier alpha value is -1.34. The van der Waals surface area contributed by atoms with Crippen LogP contribution in [0.2, 0.25) is 0 Å². The molecule has 0 saturated heterocycles. The van der Waals surface area contributed by atoms with E-state index in [0.29, 0.717) is 25.7 Å². The van der Waals surface area contributed by atoms with Crippen molar-refractivity contribution in [3.8, 4) is 11.5 Å². The van der Waals surface area contributed by atoms with Crippen LogP contribution in [0.5, 0.6) is 11.5 Å². The topological polar surface area (TPSA) is 121 Å². The summed E-state index contributed by atoms with van der Waals surface area (Å²) in [6.45, 7) is 1.73. The Morgan fingerprint density at radius 3 is 2.38 bits per heavy atom. The summed E-state index contributed by atoms with van der Waals surface area (Å²) in [6, 6.07) is 3.11. The van der Waals surface area contributed by atoms with Gasteiger partial charge in [-0.1, -0.05) is 6.92 Å². The summed E-state index contributed by atoms with van der Waals surface area (Å²) in [7, 11) is 0. The largest absolute Gasteiger partial charge is 0.504 e. The van der Waals surface area contributed by atoms with E-state index >= 15 is 0 Å². The Balaban J connectivity index is 1.82.